The molecule has 1 N–H and O–H groups in total. The zero-order valence-electron chi connectivity index (χ0n) is 13.5. The van der Waals surface area contributed by atoms with E-state index in [2.05, 4.69) is 62.7 Å². The smallest absolute Gasteiger partial charge is 0.0553 e. The molecule has 1 heterocycles. The van der Waals surface area contributed by atoms with Crippen molar-refractivity contribution in [1.82, 2.24) is 15.1 Å². The SMILES string of the molecule is CCNC(CC(C)CC(C)(C)C)c1ccnn1CC. The molecule has 1 aromatic rings. The number of hydrogen-bond acceptors (Lipinski definition) is 2. The minimum atomic E-state index is 0.404. The van der Waals surface area contributed by atoms with Crippen molar-refractivity contribution in [3.05, 3.63) is 18.0 Å². The summed E-state index contributed by atoms with van der Waals surface area (Å²) in [7, 11) is 0. The molecule has 0 radical (unpaired) electrons. The quantitative estimate of drug-likeness (QED) is 0.807. The minimum absolute atomic E-state index is 0.404. The Balaban J connectivity index is 2.73. The van der Waals surface area contributed by atoms with Crippen molar-refractivity contribution in [3.63, 3.8) is 0 Å². The van der Waals surface area contributed by atoms with Gasteiger partial charge in [0.05, 0.1) is 5.69 Å². The number of nitrogens with one attached hydrogen (secondary N) is 1. The lowest BCUT2D eigenvalue weighted by atomic mass is 9.82. The number of hydrogen-bond donors (Lipinski definition) is 1. The molecule has 0 aromatic carbocycles. The standard InChI is InChI=1S/C16H31N3/c1-7-17-14(11-13(3)12-16(4,5)6)15-9-10-18-19(15)8-2/h9-10,13-14,17H,7-8,11-12H2,1-6H3. The molecule has 1 aromatic heterocycles. The van der Waals surface area contributed by atoms with Gasteiger partial charge >= 0.3 is 0 Å². The van der Waals surface area contributed by atoms with Crippen molar-refractivity contribution in [2.75, 3.05) is 6.54 Å². The first-order valence-corrected chi connectivity index (χ1v) is 7.62. The maximum absolute atomic E-state index is 4.40. The summed E-state index contributed by atoms with van der Waals surface area (Å²) < 4.78 is 2.11. The average molecular weight is 265 g/mol. The van der Waals surface area contributed by atoms with Gasteiger partial charge in [-0.15, -0.1) is 0 Å². The Bertz CT molecular complexity index is 362. The molecular weight excluding hydrogens is 234 g/mol. The highest BCUT2D eigenvalue weighted by atomic mass is 15.3. The largest absolute Gasteiger partial charge is 0.309 e. The summed E-state index contributed by atoms with van der Waals surface area (Å²) in [6.07, 6.45) is 4.35. The maximum atomic E-state index is 4.40. The topological polar surface area (TPSA) is 29.9 Å². The molecule has 19 heavy (non-hydrogen) atoms. The van der Waals surface area contributed by atoms with Gasteiger partial charge in [0.2, 0.25) is 0 Å². The van der Waals surface area contributed by atoms with Crippen LogP contribution in [-0.2, 0) is 6.54 Å². The molecule has 0 aliphatic carbocycles. The van der Waals surface area contributed by atoms with Crippen molar-refractivity contribution < 1.29 is 0 Å². The predicted octanol–water partition coefficient (Wildman–Crippen LogP) is 4.02. The van der Waals surface area contributed by atoms with Crippen LogP contribution in [0.2, 0.25) is 0 Å². The van der Waals surface area contributed by atoms with E-state index in [1.165, 1.54) is 18.5 Å². The van der Waals surface area contributed by atoms with E-state index in [1.54, 1.807) is 0 Å². The van der Waals surface area contributed by atoms with Crippen LogP contribution >= 0.6 is 0 Å². The molecule has 0 aliphatic rings. The van der Waals surface area contributed by atoms with Gasteiger partial charge in [-0.05, 0) is 43.7 Å². The van der Waals surface area contributed by atoms with Crippen molar-refractivity contribution in [3.8, 4) is 0 Å². The fraction of sp³-hybridized carbons (Fsp3) is 0.812. The normalized spacial score (nSPS) is 15.5. The van der Waals surface area contributed by atoms with Crippen LogP contribution in [0, 0.1) is 11.3 Å². The summed E-state index contributed by atoms with van der Waals surface area (Å²) in [5.41, 5.74) is 1.73. The summed E-state index contributed by atoms with van der Waals surface area (Å²) in [4.78, 5) is 0. The van der Waals surface area contributed by atoms with Gasteiger partial charge in [-0.1, -0.05) is 34.6 Å². The van der Waals surface area contributed by atoms with Crippen LogP contribution in [0.1, 0.15) is 66.1 Å². The third-order valence-corrected chi connectivity index (χ3v) is 3.46. The highest BCUT2D eigenvalue weighted by molar-refractivity contribution is 5.07. The minimum Gasteiger partial charge on any atom is -0.309 e. The summed E-state index contributed by atoms with van der Waals surface area (Å²) in [5, 5.41) is 8.01. The number of rotatable bonds is 7. The molecule has 110 valence electrons. The Labute approximate surface area is 118 Å². The van der Waals surface area contributed by atoms with E-state index in [9.17, 15) is 0 Å². The molecule has 0 bridgehead atoms. The van der Waals surface area contributed by atoms with Crippen LogP contribution in [0.3, 0.4) is 0 Å². The Morgan fingerprint density at radius 1 is 1.32 bits per heavy atom. The Morgan fingerprint density at radius 3 is 2.53 bits per heavy atom. The first-order chi connectivity index (χ1) is 8.87. The molecule has 3 heteroatoms. The van der Waals surface area contributed by atoms with Crippen molar-refractivity contribution in [2.24, 2.45) is 11.3 Å². The first-order valence-electron chi connectivity index (χ1n) is 7.62. The predicted molar refractivity (Wildman–Crippen MR) is 82.2 cm³/mol. The average Bonchev–Trinajstić information content (AvgIpc) is 2.73. The molecule has 2 unspecified atom stereocenters. The summed E-state index contributed by atoms with van der Waals surface area (Å²) in [5.74, 6) is 0.712. The van der Waals surface area contributed by atoms with E-state index in [1.807, 2.05) is 6.20 Å². The van der Waals surface area contributed by atoms with E-state index in [0.29, 0.717) is 17.4 Å². The maximum Gasteiger partial charge on any atom is 0.0553 e. The Hall–Kier alpha value is -0.830. The van der Waals surface area contributed by atoms with Gasteiger partial charge in [-0.3, -0.25) is 4.68 Å². The van der Waals surface area contributed by atoms with Crippen LogP contribution in [0.5, 0.6) is 0 Å². The highest BCUT2D eigenvalue weighted by Gasteiger charge is 2.21. The van der Waals surface area contributed by atoms with Crippen LogP contribution in [0.25, 0.3) is 0 Å². The summed E-state index contributed by atoms with van der Waals surface area (Å²) in [6, 6.07) is 2.57. The molecule has 0 saturated carbocycles. The third kappa shape index (κ3) is 5.35. The van der Waals surface area contributed by atoms with Crippen molar-refractivity contribution >= 4 is 0 Å². The zero-order chi connectivity index (χ0) is 14.5. The van der Waals surface area contributed by atoms with Gasteiger partial charge < -0.3 is 5.32 Å². The summed E-state index contributed by atoms with van der Waals surface area (Å²) >= 11 is 0. The van der Waals surface area contributed by atoms with Gasteiger partial charge in [-0.2, -0.15) is 5.10 Å². The number of aryl methyl sites for hydroxylation is 1. The Kier molecular flexibility index (Phi) is 6.05. The number of nitrogens with zero attached hydrogens (tertiary/aromatic N) is 2. The molecule has 1 rings (SSSR count). The fourth-order valence-corrected chi connectivity index (χ4v) is 2.99. The highest BCUT2D eigenvalue weighted by Crippen LogP contribution is 2.30. The van der Waals surface area contributed by atoms with Gasteiger partial charge in [-0.25, -0.2) is 0 Å². The lowest BCUT2D eigenvalue weighted by Gasteiger charge is -2.27. The molecule has 2 atom stereocenters. The second-order valence-electron chi connectivity index (χ2n) is 6.79. The molecule has 0 aliphatic heterocycles. The van der Waals surface area contributed by atoms with Gasteiger partial charge in [0.15, 0.2) is 0 Å². The fourth-order valence-electron chi connectivity index (χ4n) is 2.99. The number of aromatic nitrogens is 2. The second-order valence-corrected chi connectivity index (χ2v) is 6.79. The van der Waals surface area contributed by atoms with E-state index >= 15 is 0 Å². The molecular formula is C16H31N3. The molecule has 0 spiro atoms. The monoisotopic (exact) mass is 265 g/mol. The van der Waals surface area contributed by atoms with E-state index < -0.39 is 0 Å². The van der Waals surface area contributed by atoms with Crippen LogP contribution in [0.4, 0.5) is 0 Å². The van der Waals surface area contributed by atoms with Crippen LogP contribution in [0.15, 0.2) is 12.3 Å². The van der Waals surface area contributed by atoms with E-state index in [-0.39, 0.29) is 0 Å². The van der Waals surface area contributed by atoms with E-state index in [0.717, 1.165) is 13.1 Å². The van der Waals surface area contributed by atoms with Crippen LogP contribution in [-0.4, -0.2) is 16.3 Å². The zero-order valence-corrected chi connectivity index (χ0v) is 13.5. The van der Waals surface area contributed by atoms with E-state index in [4.69, 9.17) is 0 Å². The lowest BCUT2D eigenvalue weighted by molar-refractivity contribution is 0.273. The molecule has 0 fully saturated rings. The van der Waals surface area contributed by atoms with Crippen molar-refractivity contribution in [1.29, 1.82) is 0 Å². The van der Waals surface area contributed by atoms with Crippen LogP contribution < -0.4 is 5.32 Å². The van der Waals surface area contributed by atoms with Gasteiger partial charge in [0.1, 0.15) is 0 Å². The van der Waals surface area contributed by atoms with Crippen molar-refractivity contribution in [2.45, 2.75) is 67.0 Å². The third-order valence-electron chi connectivity index (χ3n) is 3.46. The summed E-state index contributed by atoms with van der Waals surface area (Å²) in [6.45, 7) is 15.6. The Morgan fingerprint density at radius 2 is 2.00 bits per heavy atom. The first kappa shape index (κ1) is 16.2. The molecule has 0 amide bonds. The molecule has 0 saturated heterocycles. The molecule has 3 nitrogen and oxygen atoms in total. The van der Waals surface area contributed by atoms with Gasteiger partial charge in [0.25, 0.3) is 0 Å². The second kappa shape index (κ2) is 7.09. The van der Waals surface area contributed by atoms with Gasteiger partial charge in [0, 0.05) is 18.8 Å². The lowest BCUT2D eigenvalue weighted by Crippen LogP contribution is -2.26.